The number of methoxy groups -OCH3 is 1. The Bertz CT molecular complexity index is 1390. The molecule has 1 heterocycles. The van der Waals surface area contributed by atoms with Crippen LogP contribution in [0.1, 0.15) is 46.9 Å². The molecule has 190 valence electrons. The second-order valence-corrected chi connectivity index (χ2v) is 8.94. The fourth-order valence-electron chi connectivity index (χ4n) is 4.28. The first kappa shape index (κ1) is 25.5. The average molecular weight is 502 g/mol. The lowest BCUT2D eigenvalue weighted by molar-refractivity contribution is -0.132. The number of amides is 1. The fraction of sp³-hybridized carbons (Fsp3) is 0.207. The van der Waals surface area contributed by atoms with Crippen LogP contribution in [-0.2, 0) is 14.3 Å². The number of anilines is 1. The van der Waals surface area contributed by atoms with Gasteiger partial charge in [-0.3, -0.25) is 14.5 Å². The number of aliphatic hydroxyl groups excluding tert-OH is 1. The van der Waals surface area contributed by atoms with E-state index in [0.29, 0.717) is 33.7 Å². The van der Waals surface area contributed by atoms with E-state index in [1.165, 1.54) is 36.3 Å². The van der Waals surface area contributed by atoms with E-state index >= 15 is 0 Å². The molecule has 8 nitrogen and oxygen atoms in total. The van der Waals surface area contributed by atoms with Crippen LogP contribution < -0.4 is 9.64 Å². The molecule has 4 rings (SSSR count). The SMILES string of the molecule is COc1ccc(/C(O)=C2/C(=O)C(=O)N(c3ccc(C(=O)OC(C)C)cc3)C2c2ccc(O)cc2)c(C)c1. The summed E-state index contributed by atoms with van der Waals surface area (Å²) in [5, 5.41) is 21.1. The van der Waals surface area contributed by atoms with Crippen LogP contribution in [0.5, 0.6) is 11.5 Å². The van der Waals surface area contributed by atoms with Crippen molar-refractivity contribution in [1.82, 2.24) is 0 Å². The summed E-state index contributed by atoms with van der Waals surface area (Å²) in [5.41, 5.74) is 2.10. The third-order valence-electron chi connectivity index (χ3n) is 6.07. The molecule has 0 aliphatic carbocycles. The summed E-state index contributed by atoms with van der Waals surface area (Å²) in [4.78, 5) is 40.2. The number of Topliss-reactive ketones (excluding diaryl/α,β-unsaturated/α-hetero) is 1. The number of hydrogen-bond acceptors (Lipinski definition) is 7. The number of carbonyl (C=O) groups is 3. The minimum atomic E-state index is -0.976. The van der Waals surface area contributed by atoms with Crippen molar-refractivity contribution in [3.05, 3.63) is 94.6 Å². The molecule has 1 amide bonds. The van der Waals surface area contributed by atoms with Gasteiger partial charge in [0.15, 0.2) is 0 Å². The van der Waals surface area contributed by atoms with Crippen LogP contribution in [0.3, 0.4) is 0 Å². The summed E-state index contributed by atoms with van der Waals surface area (Å²) in [6.45, 7) is 5.25. The van der Waals surface area contributed by atoms with Gasteiger partial charge in [-0.05, 0) is 86.5 Å². The van der Waals surface area contributed by atoms with Crippen LogP contribution in [0.4, 0.5) is 5.69 Å². The van der Waals surface area contributed by atoms with Gasteiger partial charge in [-0.25, -0.2) is 4.79 Å². The molecule has 1 aliphatic rings. The predicted octanol–water partition coefficient (Wildman–Crippen LogP) is 4.90. The maximum atomic E-state index is 13.3. The Balaban J connectivity index is 1.85. The Kier molecular flexibility index (Phi) is 7.02. The highest BCUT2D eigenvalue weighted by Gasteiger charge is 2.47. The van der Waals surface area contributed by atoms with Crippen molar-refractivity contribution in [1.29, 1.82) is 0 Å². The van der Waals surface area contributed by atoms with Gasteiger partial charge in [0.25, 0.3) is 11.7 Å². The van der Waals surface area contributed by atoms with Crippen LogP contribution >= 0.6 is 0 Å². The molecule has 0 bridgehead atoms. The molecule has 0 spiro atoms. The van der Waals surface area contributed by atoms with Gasteiger partial charge >= 0.3 is 5.97 Å². The first-order valence-electron chi connectivity index (χ1n) is 11.7. The van der Waals surface area contributed by atoms with Crippen molar-refractivity contribution in [3.8, 4) is 11.5 Å². The van der Waals surface area contributed by atoms with Gasteiger partial charge in [0.2, 0.25) is 0 Å². The molecule has 37 heavy (non-hydrogen) atoms. The van der Waals surface area contributed by atoms with Crippen molar-refractivity contribution in [3.63, 3.8) is 0 Å². The Morgan fingerprint density at radius 1 is 0.973 bits per heavy atom. The third-order valence-corrected chi connectivity index (χ3v) is 6.07. The quantitative estimate of drug-likeness (QED) is 0.214. The van der Waals surface area contributed by atoms with E-state index in [0.717, 1.165) is 0 Å². The highest BCUT2D eigenvalue weighted by molar-refractivity contribution is 6.51. The Labute approximate surface area is 214 Å². The minimum absolute atomic E-state index is 0.0136. The van der Waals surface area contributed by atoms with E-state index in [-0.39, 0.29) is 23.2 Å². The monoisotopic (exact) mass is 501 g/mol. The number of nitrogens with zero attached hydrogens (tertiary/aromatic N) is 1. The molecule has 1 unspecified atom stereocenters. The molecule has 1 fully saturated rings. The molecule has 3 aromatic carbocycles. The van der Waals surface area contributed by atoms with Gasteiger partial charge in [0.05, 0.1) is 30.4 Å². The van der Waals surface area contributed by atoms with Crippen molar-refractivity contribution in [2.24, 2.45) is 0 Å². The van der Waals surface area contributed by atoms with Gasteiger partial charge in [0.1, 0.15) is 17.3 Å². The molecule has 1 saturated heterocycles. The number of carbonyl (C=O) groups excluding carboxylic acids is 3. The number of aromatic hydroxyl groups is 1. The largest absolute Gasteiger partial charge is 0.508 e. The summed E-state index contributed by atoms with van der Waals surface area (Å²) < 4.78 is 10.5. The lowest BCUT2D eigenvalue weighted by atomic mass is 9.93. The van der Waals surface area contributed by atoms with Crippen LogP contribution in [0.15, 0.2) is 72.3 Å². The molecule has 0 saturated carbocycles. The van der Waals surface area contributed by atoms with E-state index in [9.17, 15) is 24.6 Å². The lowest BCUT2D eigenvalue weighted by Gasteiger charge is -2.25. The second-order valence-electron chi connectivity index (χ2n) is 8.94. The number of esters is 1. The van der Waals surface area contributed by atoms with Crippen molar-refractivity contribution >= 4 is 29.1 Å². The van der Waals surface area contributed by atoms with Crippen LogP contribution in [0.2, 0.25) is 0 Å². The van der Waals surface area contributed by atoms with Crippen LogP contribution in [-0.4, -0.2) is 41.1 Å². The first-order chi connectivity index (χ1) is 17.6. The minimum Gasteiger partial charge on any atom is -0.508 e. The number of phenols is 1. The molecule has 3 aromatic rings. The maximum Gasteiger partial charge on any atom is 0.338 e. The Morgan fingerprint density at radius 2 is 1.62 bits per heavy atom. The normalized spacial score (nSPS) is 16.8. The van der Waals surface area contributed by atoms with Gasteiger partial charge in [-0.2, -0.15) is 0 Å². The maximum absolute atomic E-state index is 13.3. The van der Waals surface area contributed by atoms with Crippen LogP contribution in [0, 0.1) is 6.92 Å². The zero-order valence-corrected chi connectivity index (χ0v) is 20.9. The van der Waals surface area contributed by atoms with Gasteiger partial charge < -0.3 is 19.7 Å². The Morgan fingerprint density at radius 3 is 2.19 bits per heavy atom. The standard InChI is InChI=1S/C29H27NO7/c1-16(2)37-29(35)19-5-9-20(10-6-19)30-25(18-7-11-21(31)12-8-18)24(27(33)28(30)34)26(32)23-14-13-22(36-4)15-17(23)3/h5-16,25,31-32H,1-4H3/b26-24-. The van der Waals surface area contributed by atoms with Crippen molar-refractivity contribution in [2.75, 3.05) is 12.0 Å². The summed E-state index contributed by atoms with van der Waals surface area (Å²) in [6.07, 6.45) is -0.291. The number of rotatable bonds is 6. The number of aliphatic hydroxyl groups is 1. The fourth-order valence-corrected chi connectivity index (χ4v) is 4.28. The molecule has 0 aromatic heterocycles. The van der Waals surface area contributed by atoms with E-state index in [1.807, 2.05) is 0 Å². The Hall–Kier alpha value is -4.59. The molecular weight excluding hydrogens is 474 g/mol. The zero-order valence-electron chi connectivity index (χ0n) is 20.9. The molecule has 1 aliphatic heterocycles. The van der Waals surface area contributed by atoms with Crippen molar-refractivity contribution in [2.45, 2.75) is 32.9 Å². The second kappa shape index (κ2) is 10.2. The number of aryl methyl sites for hydroxylation is 1. The smallest absolute Gasteiger partial charge is 0.338 e. The zero-order chi connectivity index (χ0) is 26.9. The molecule has 0 radical (unpaired) electrons. The molecule has 8 heteroatoms. The molecular formula is C29H27NO7. The predicted molar refractivity (Wildman–Crippen MR) is 138 cm³/mol. The number of ketones is 1. The van der Waals surface area contributed by atoms with E-state index in [1.54, 1.807) is 63.2 Å². The van der Waals surface area contributed by atoms with Gasteiger partial charge in [-0.15, -0.1) is 0 Å². The van der Waals surface area contributed by atoms with E-state index < -0.39 is 23.7 Å². The number of ether oxygens (including phenoxy) is 2. The summed E-state index contributed by atoms with van der Waals surface area (Å²) in [5.74, 6) is -1.91. The van der Waals surface area contributed by atoms with Gasteiger partial charge in [0, 0.05) is 11.3 Å². The number of benzene rings is 3. The molecule has 2 N–H and O–H groups in total. The highest BCUT2D eigenvalue weighted by Crippen LogP contribution is 2.43. The summed E-state index contributed by atoms with van der Waals surface area (Å²) >= 11 is 0. The number of phenolic OH excluding ortho intramolecular Hbond substituents is 1. The highest BCUT2D eigenvalue weighted by atomic mass is 16.5. The molecule has 1 atom stereocenters. The number of hydrogen-bond donors (Lipinski definition) is 2. The summed E-state index contributed by atoms with van der Waals surface area (Å²) in [7, 11) is 1.53. The van der Waals surface area contributed by atoms with Crippen LogP contribution in [0.25, 0.3) is 5.76 Å². The van der Waals surface area contributed by atoms with E-state index in [4.69, 9.17) is 9.47 Å². The van der Waals surface area contributed by atoms with E-state index in [2.05, 4.69) is 0 Å². The summed E-state index contributed by atoms with van der Waals surface area (Å²) in [6, 6.07) is 16.2. The topological polar surface area (TPSA) is 113 Å². The first-order valence-corrected chi connectivity index (χ1v) is 11.7. The van der Waals surface area contributed by atoms with Crippen molar-refractivity contribution < 1.29 is 34.1 Å². The lowest BCUT2D eigenvalue weighted by Crippen LogP contribution is -2.29. The average Bonchev–Trinajstić information content (AvgIpc) is 3.14. The van der Waals surface area contributed by atoms with Gasteiger partial charge in [-0.1, -0.05) is 12.1 Å². The third kappa shape index (κ3) is 4.91.